The second-order valence-corrected chi connectivity index (χ2v) is 4.13. The van der Waals surface area contributed by atoms with Gasteiger partial charge in [-0.2, -0.15) is 0 Å². The summed E-state index contributed by atoms with van der Waals surface area (Å²) in [6.07, 6.45) is 1.69. The first-order valence-corrected chi connectivity index (χ1v) is 6.44. The molecule has 2 N–H and O–H groups in total. The van der Waals surface area contributed by atoms with Crippen molar-refractivity contribution in [2.24, 2.45) is 0 Å². The second kappa shape index (κ2) is 8.78. The van der Waals surface area contributed by atoms with Gasteiger partial charge in [0.15, 0.2) is 0 Å². The maximum atomic E-state index is 8.87. The summed E-state index contributed by atoms with van der Waals surface area (Å²) in [4.78, 5) is 0. The molecule has 1 aromatic rings. The van der Waals surface area contributed by atoms with E-state index in [2.05, 4.69) is 12.2 Å². The van der Waals surface area contributed by atoms with Gasteiger partial charge in [0.2, 0.25) is 0 Å². The number of likely N-dealkylation sites (N-methyl/N-ethyl adjacent to an activating group) is 1. The fraction of sp³-hybridized carbons (Fsp3) is 0.571. The van der Waals surface area contributed by atoms with Crippen molar-refractivity contribution in [1.82, 2.24) is 5.32 Å². The molecule has 0 saturated carbocycles. The smallest absolute Gasteiger partial charge is 0.119 e. The summed E-state index contributed by atoms with van der Waals surface area (Å²) < 4.78 is 11.1. The number of rotatable bonds is 9. The average molecular weight is 253 g/mol. The Morgan fingerprint density at radius 1 is 1.17 bits per heavy atom. The van der Waals surface area contributed by atoms with E-state index >= 15 is 0 Å². The molecule has 0 saturated heterocycles. The van der Waals surface area contributed by atoms with E-state index in [1.165, 1.54) is 0 Å². The van der Waals surface area contributed by atoms with Crippen molar-refractivity contribution in [3.63, 3.8) is 0 Å². The summed E-state index contributed by atoms with van der Waals surface area (Å²) in [6, 6.07) is 7.79. The van der Waals surface area contributed by atoms with Crippen LogP contribution in [0.5, 0.6) is 11.5 Å². The number of ether oxygens (including phenoxy) is 2. The first-order chi connectivity index (χ1) is 8.80. The van der Waals surface area contributed by atoms with E-state index in [9.17, 15) is 0 Å². The zero-order valence-electron chi connectivity index (χ0n) is 11.2. The number of aliphatic hydroxyl groups is 1. The zero-order chi connectivity index (χ0) is 13.2. The Balaban J connectivity index is 2.38. The van der Waals surface area contributed by atoms with Gasteiger partial charge in [-0.15, -0.1) is 0 Å². The predicted molar refractivity (Wildman–Crippen MR) is 72.3 cm³/mol. The van der Waals surface area contributed by atoms with Gasteiger partial charge in [-0.25, -0.2) is 0 Å². The molecule has 0 aliphatic heterocycles. The largest absolute Gasteiger partial charge is 0.494 e. The van der Waals surface area contributed by atoms with Gasteiger partial charge in [0.05, 0.1) is 6.61 Å². The van der Waals surface area contributed by atoms with Crippen molar-refractivity contribution in [3.8, 4) is 11.5 Å². The topological polar surface area (TPSA) is 50.7 Å². The van der Waals surface area contributed by atoms with E-state index in [1.54, 1.807) is 0 Å². The van der Waals surface area contributed by atoms with Gasteiger partial charge in [0, 0.05) is 12.6 Å². The molecular weight excluding hydrogens is 230 g/mol. The van der Waals surface area contributed by atoms with Gasteiger partial charge >= 0.3 is 0 Å². The molecule has 0 aromatic heterocycles. The van der Waals surface area contributed by atoms with Crippen LogP contribution in [0.4, 0.5) is 0 Å². The quantitative estimate of drug-likeness (QED) is 0.705. The van der Waals surface area contributed by atoms with Crippen molar-refractivity contribution in [3.05, 3.63) is 24.3 Å². The fourth-order valence-electron chi connectivity index (χ4n) is 1.52. The van der Waals surface area contributed by atoms with Gasteiger partial charge in [0.25, 0.3) is 0 Å². The van der Waals surface area contributed by atoms with Crippen LogP contribution in [0.2, 0.25) is 0 Å². The molecule has 102 valence electrons. The van der Waals surface area contributed by atoms with Gasteiger partial charge < -0.3 is 19.9 Å². The van der Waals surface area contributed by atoms with E-state index in [-0.39, 0.29) is 12.6 Å². The van der Waals surface area contributed by atoms with E-state index in [4.69, 9.17) is 14.6 Å². The average Bonchev–Trinajstić information content (AvgIpc) is 2.42. The first-order valence-electron chi connectivity index (χ1n) is 6.44. The Hall–Kier alpha value is -1.26. The molecule has 18 heavy (non-hydrogen) atoms. The number of hydrogen-bond acceptors (Lipinski definition) is 4. The monoisotopic (exact) mass is 253 g/mol. The molecule has 0 radical (unpaired) electrons. The van der Waals surface area contributed by atoms with Gasteiger partial charge in [0.1, 0.15) is 18.1 Å². The molecule has 0 spiro atoms. The summed E-state index contributed by atoms with van der Waals surface area (Å²) in [7, 11) is 1.87. The number of nitrogens with one attached hydrogen (secondary N) is 1. The Bertz CT molecular complexity index is 313. The predicted octanol–water partition coefficient (Wildman–Crippen LogP) is 1.82. The highest BCUT2D eigenvalue weighted by atomic mass is 16.5. The van der Waals surface area contributed by atoms with Gasteiger partial charge in [-0.3, -0.25) is 0 Å². The third-order valence-corrected chi connectivity index (χ3v) is 2.63. The highest BCUT2D eigenvalue weighted by Gasteiger charge is 2.06. The molecule has 4 nitrogen and oxygen atoms in total. The minimum atomic E-state index is 0.165. The standard InChI is InChI=1S/C14H23NO3/c1-3-10-17-13-4-6-14(7-5-13)18-11-12(15-2)8-9-16/h4-7,12,15-16H,3,8-11H2,1-2H3. The Morgan fingerprint density at radius 3 is 2.28 bits per heavy atom. The summed E-state index contributed by atoms with van der Waals surface area (Å²) >= 11 is 0. The molecule has 0 amide bonds. The number of hydrogen-bond donors (Lipinski definition) is 2. The Kier molecular flexibility index (Phi) is 7.22. The normalized spacial score (nSPS) is 12.2. The highest BCUT2D eigenvalue weighted by molar-refractivity contribution is 5.31. The molecule has 1 aromatic carbocycles. The zero-order valence-corrected chi connectivity index (χ0v) is 11.2. The minimum absolute atomic E-state index is 0.165. The lowest BCUT2D eigenvalue weighted by molar-refractivity contribution is 0.218. The fourth-order valence-corrected chi connectivity index (χ4v) is 1.52. The lowest BCUT2D eigenvalue weighted by atomic mass is 10.2. The molecular formula is C14H23NO3. The van der Waals surface area contributed by atoms with Crippen LogP contribution in [0, 0.1) is 0 Å². The molecule has 0 aliphatic carbocycles. The van der Waals surface area contributed by atoms with Crippen molar-refractivity contribution >= 4 is 0 Å². The molecule has 0 bridgehead atoms. The lowest BCUT2D eigenvalue weighted by Gasteiger charge is -2.16. The molecule has 1 rings (SSSR count). The molecule has 1 unspecified atom stereocenters. The van der Waals surface area contributed by atoms with Crippen LogP contribution < -0.4 is 14.8 Å². The summed E-state index contributed by atoms with van der Waals surface area (Å²) in [5.41, 5.74) is 0. The summed E-state index contributed by atoms with van der Waals surface area (Å²) in [6.45, 7) is 3.53. The molecule has 0 fully saturated rings. The van der Waals surface area contributed by atoms with Crippen LogP contribution in [-0.4, -0.2) is 38.0 Å². The Labute approximate surface area is 109 Å². The molecule has 1 atom stereocenters. The van der Waals surface area contributed by atoms with Gasteiger partial charge in [-0.05, 0) is 44.2 Å². The number of aliphatic hydroxyl groups excluding tert-OH is 1. The van der Waals surface area contributed by atoms with Crippen LogP contribution in [0.15, 0.2) is 24.3 Å². The SMILES string of the molecule is CCCOc1ccc(OCC(CCO)NC)cc1. The van der Waals surface area contributed by atoms with E-state index in [1.807, 2.05) is 31.3 Å². The van der Waals surface area contributed by atoms with Crippen molar-refractivity contribution in [2.45, 2.75) is 25.8 Å². The van der Waals surface area contributed by atoms with E-state index in [0.29, 0.717) is 13.0 Å². The van der Waals surface area contributed by atoms with Crippen LogP contribution in [0.3, 0.4) is 0 Å². The van der Waals surface area contributed by atoms with Crippen LogP contribution in [0.25, 0.3) is 0 Å². The third kappa shape index (κ3) is 5.38. The van der Waals surface area contributed by atoms with Crippen LogP contribution >= 0.6 is 0 Å². The second-order valence-electron chi connectivity index (χ2n) is 4.13. The van der Waals surface area contributed by atoms with Crippen LogP contribution in [0.1, 0.15) is 19.8 Å². The minimum Gasteiger partial charge on any atom is -0.494 e. The molecule has 4 heteroatoms. The third-order valence-electron chi connectivity index (χ3n) is 2.63. The Morgan fingerprint density at radius 2 is 1.78 bits per heavy atom. The maximum absolute atomic E-state index is 8.87. The lowest BCUT2D eigenvalue weighted by Crippen LogP contribution is -2.32. The summed E-state index contributed by atoms with van der Waals surface area (Å²) in [5, 5.41) is 12.0. The molecule has 0 aliphatic rings. The van der Waals surface area contributed by atoms with Gasteiger partial charge in [-0.1, -0.05) is 6.92 Å². The van der Waals surface area contributed by atoms with Crippen molar-refractivity contribution < 1.29 is 14.6 Å². The van der Waals surface area contributed by atoms with Crippen LogP contribution in [-0.2, 0) is 0 Å². The first kappa shape index (κ1) is 14.8. The van der Waals surface area contributed by atoms with Crippen molar-refractivity contribution in [1.29, 1.82) is 0 Å². The van der Waals surface area contributed by atoms with Crippen molar-refractivity contribution in [2.75, 3.05) is 26.9 Å². The van der Waals surface area contributed by atoms with E-state index < -0.39 is 0 Å². The molecule has 0 heterocycles. The van der Waals surface area contributed by atoms with E-state index in [0.717, 1.165) is 24.5 Å². The summed E-state index contributed by atoms with van der Waals surface area (Å²) in [5.74, 6) is 1.68. The maximum Gasteiger partial charge on any atom is 0.119 e. The number of benzene rings is 1. The highest BCUT2D eigenvalue weighted by Crippen LogP contribution is 2.17.